The SMILES string of the molecule is CCn1c(Sc2ccc3nnnn3n2)nnc1-c1ccc(Cl)cc1. The second kappa shape index (κ2) is 6.17. The summed E-state index contributed by atoms with van der Waals surface area (Å²) in [4.78, 5) is 0. The molecule has 0 amide bonds. The molecule has 3 aromatic heterocycles. The summed E-state index contributed by atoms with van der Waals surface area (Å²) in [7, 11) is 0. The first-order chi connectivity index (χ1) is 11.7. The van der Waals surface area contributed by atoms with E-state index in [4.69, 9.17) is 11.6 Å². The molecule has 8 nitrogen and oxygen atoms in total. The van der Waals surface area contributed by atoms with Crippen molar-refractivity contribution in [1.29, 1.82) is 0 Å². The van der Waals surface area contributed by atoms with Crippen LogP contribution in [0.4, 0.5) is 0 Å². The summed E-state index contributed by atoms with van der Waals surface area (Å²) in [5.74, 6) is 0.792. The number of hydrogen-bond donors (Lipinski definition) is 0. The third-order valence-electron chi connectivity index (χ3n) is 3.38. The topological polar surface area (TPSA) is 86.7 Å². The number of tetrazole rings is 1. The number of aromatic nitrogens is 8. The van der Waals surface area contributed by atoms with E-state index in [-0.39, 0.29) is 0 Å². The van der Waals surface area contributed by atoms with Gasteiger partial charge < -0.3 is 4.57 Å². The molecule has 10 heteroatoms. The van der Waals surface area contributed by atoms with Crippen LogP contribution in [0.1, 0.15) is 6.92 Å². The fraction of sp³-hybridized carbons (Fsp3) is 0.143. The van der Waals surface area contributed by atoms with E-state index >= 15 is 0 Å². The van der Waals surface area contributed by atoms with E-state index in [2.05, 4.69) is 30.8 Å². The number of hydrogen-bond acceptors (Lipinski definition) is 7. The summed E-state index contributed by atoms with van der Waals surface area (Å²) in [6, 6.07) is 11.2. The summed E-state index contributed by atoms with van der Waals surface area (Å²) in [6.45, 7) is 2.78. The Morgan fingerprint density at radius 1 is 1.04 bits per heavy atom. The molecule has 0 spiro atoms. The van der Waals surface area contributed by atoms with Crippen LogP contribution in [-0.4, -0.2) is 40.0 Å². The lowest BCUT2D eigenvalue weighted by Gasteiger charge is -2.07. The van der Waals surface area contributed by atoms with Crippen molar-refractivity contribution in [3.63, 3.8) is 0 Å². The highest BCUT2D eigenvalue weighted by Crippen LogP contribution is 2.28. The van der Waals surface area contributed by atoms with Crippen LogP contribution in [0, 0.1) is 0 Å². The molecule has 0 atom stereocenters. The lowest BCUT2D eigenvalue weighted by molar-refractivity contribution is 0.679. The zero-order valence-electron chi connectivity index (χ0n) is 12.5. The predicted molar refractivity (Wildman–Crippen MR) is 88.8 cm³/mol. The molecule has 0 unspecified atom stereocenters. The van der Waals surface area contributed by atoms with Gasteiger partial charge in [0.1, 0.15) is 5.03 Å². The number of fused-ring (bicyclic) bond motifs is 1. The van der Waals surface area contributed by atoms with Crippen LogP contribution in [0.3, 0.4) is 0 Å². The Balaban J connectivity index is 1.69. The van der Waals surface area contributed by atoms with Crippen molar-refractivity contribution in [2.24, 2.45) is 0 Å². The molecule has 0 saturated heterocycles. The van der Waals surface area contributed by atoms with Crippen LogP contribution in [0.25, 0.3) is 17.0 Å². The van der Waals surface area contributed by atoms with Gasteiger partial charge in [-0.05, 0) is 65.5 Å². The fourth-order valence-corrected chi connectivity index (χ4v) is 3.22. The van der Waals surface area contributed by atoms with Gasteiger partial charge in [0.25, 0.3) is 0 Å². The Hall–Kier alpha value is -2.52. The predicted octanol–water partition coefficient (Wildman–Crippen LogP) is 2.60. The van der Waals surface area contributed by atoms with E-state index < -0.39 is 0 Å². The van der Waals surface area contributed by atoms with Crippen LogP contribution in [0.5, 0.6) is 0 Å². The first-order valence-electron chi connectivity index (χ1n) is 7.17. The highest BCUT2D eigenvalue weighted by atomic mass is 35.5. The van der Waals surface area contributed by atoms with Gasteiger partial charge in [-0.2, -0.15) is 0 Å². The first kappa shape index (κ1) is 15.0. The van der Waals surface area contributed by atoms with Crippen molar-refractivity contribution in [3.05, 3.63) is 41.4 Å². The average Bonchev–Trinajstić information content (AvgIpc) is 3.21. The lowest BCUT2D eigenvalue weighted by Crippen LogP contribution is -2.01. The van der Waals surface area contributed by atoms with Crippen LogP contribution in [0.15, 0.2) is 46.6 Å². The minimum Gasteiger partial charge on any atom is -0.302 e. The second-order valence-electron chi connectivity index (χ2n) is 4.86. The molecule has 0 aliphatic carbocycles. The van der Waals surface area contributed by atoms with E-state index in [1.54, 1.807) is 0 Å². The molecule has 4 rings (SSSR count). The third-order valence-corrected chi connectivity index (χ3v) is 4.54. The van der Waals surface area contributed by atoms with Crippen molar-refractivity contribution in [2.45, 2.75) is 23.7 Å². The van der Waals surface area contributed by atoms with Gasteiger partial charge >= 0.3 is 0 Å². The van der Waals surface area contributed by atoms with E-state index in [1.807, 2.05) is 47.9 Å². The summed E-state index contributed by atoms with van der Waals surface area (Å²) >= 11 is 7.36. The number of nitrogens with zero attached hydrogens (tertiary/aromatic N) is 8. The Kier molecular flexibility index (Phi) is 3.87. The van der Waals surface area contributed by atoms with Crippen molar-refractivity contribution in [1.82, 2.24) is 40.0 Å². The molecular formula is C14H11ClN8S. The second-order valence-corrected chi connectivity index (χ2v) is 6.28. The Morgan fingerprint density at radius 2 is 1.88 bits per heavy atom. The summed E-state index contributed by atoms with van der Waals surface area (Å²) in [5, 5.41) is 26.3. The minimum atomic E-state index is 0.596. The third kappa shape index (κ3) is 2.72. The Bertz CT molecular complexity index is 994. The van der Waals surface area contributed by atoms with Crippen molar-refractivity contribution >= 4 is 29.0 Å². The molecule has 1 aromatic carbocycles. The average molecular weight is 359 g/mol. The molecule has 0 N–H and O–H groups in total. The molecule has 0 radical (unpaired) electrons. The number of benzene rings is 1. The van der Waals surface area contributed by atoms with Crippen molar-refractivity contribution in [3.8, 4) is 11.4 Å². The highest BCUT2D eigenvalue weighted by molar-refractivity contribution is 7.99. The van der Waals surface area contributed by atoms with Gasteiger partial charge in [0.15, 0.2) is 16.6 Å². The zero-order chi connectivity index (χ0) is 16.5. The molecule has 24 heavy (non-hydrogen) atoms. The molecule has 120 valence electrons. The molecule has 3 heterocycles. The molecule has 0 aliphatic rings. The summed E-state index contributed by atoms with van der Waals surface area (Å²) < 4.78 is 3.41. The number of rotatable bonds is 4. The monoisotopic (exact) mass is 358 g/mol. The maximum Gasteiger partial charge on any atom is 0.200 e. The summed E-state index contributed by atoms with van der Waals surface area (Å²) in [6.07, 6.45) is 0. The lowest BCUT2D eigenvalue weighted by atomic mass is 10.2. The van der Waals surface area contributed by atoms with E-state index in [0.717, 1.165) is 28.1 Å². The maximum atomic E-state index is 5.95. The highest BCUT2D eigenvalue weighted by Gasteiger charge is 2.15. The van der Waals surface area contributed by atoms with Crippen molar-refractivity contribution in [2.75, 3.05) is 0 Å². The van der Waals surface area contributed by atoms with Crippen molar-refractivity contribution < 1.29 is 0 Å². The van der Waals surface area contributed by atoms with Gasteiger partial charge in [0, 0.05) is 17.1 Å². The van der Waals surface area contributed by atoms with Gasteiger partial charge in [0.2, 0.25) is 0 Å². The zero-order valence-corrected chi connectivity index (χ0v) is 14.1. The first-order valence-corrected chi connectivity index (χ1v) is 8.36. The maximum absolute atomic E-state index is 5.95. The molecule has 4 aromatic rings. The standard InChI is InChI=1S/C14H11ClN8S/c1-2-22-13(9-3-5-10(15)6-4-9)17-18-14(22)24-12-8-7-11-16-20-21-23(11)19-12/h3-8H,2H2,1H3. The van der Waals surface area contributed by atoms with Gasteiger partial charge in [-0.25, -0.2) is 0 Å². The molecule has 0 saturated carbocycles. The fourth-order valence-electron chi connectivity index (χ4n) is 2.24. The van der Waals surface area contributed by atoms with Gasteiger partial charge in [0.05, 0.1) is 0 Å². The largest absolute Gasteiger partial charge is 0.302 e. The Morgan fingerprint density at radius 3 is 2.67 bits per heavy atom. The molecule has 0 bridgehead atoms. The van der Waals surface area contributed by atoms with E-state index in [0.29, 0.717) is 10.7 Å². The quantitative estimate of drug-likeness (QED) is 0.554. The smallest absolute Gasteiger partial charge is 0.200 e. The Labute approximate surface area is 145 Å². The molecular weight excluding hydrogens is 348 g/mol. The van der Waals surface area contributed by atoms with Crippen LogP contribution >= 0.6 is 23.4 Å². The van der Waals surface area contributed by atoms with E-state index in [9.17, 15) is 0 Å². The summed E-state index contributed by atoms with van der Waals surface area (Å²) in [5.41, 5.74) is 1.56. The minimum absolute atomic E-state index is 0.596. The van der Waals surface area contributed by atoms with Gasteiger partial charge in [-0.1, -0.05) is 11.6 Å². The van der Waals surface area contributed by atoms with Crippen LogP contribution in [0.2, 0.25) is 5.02 Å². The molecule has 0 aliphatic heterocycles. The van der Waals surface area contributed by atoms with Crippen LogP contribution in [-0.2, 0) is 6.54 Å². The van der Waals surface area contributed by atoms with Crippen LogP contribution < -0.4 is 0 Å². The normalized spacial score (nSPS) is 11.2. The molecule has 0 fully saturated rings. The van der Waals surface area contributed by atoms with Gasteiger partial charge in [-0.15, -0.1) is 25.0 Å². The van der Waals surface area contributed by atoms with E-state index in [1.165, 1.54) is 16.4 Å². The van der Waals surface area contributed by atoms with Gasteiger partial charge in [-0.3, -0.25) is 0 Å². The number of halogens is 1.